The van der Waals surface area contributed by atoms with Gasteiger partial charge in [0.2, 0.25) is 0 Å². The first-order valence-corrected chi connectivity index (χ1v) is 10.9. The van der Waals surface area contributed by atoms with Crippen molar-refractivity contribution in [1.29, 1.82) is 0 Å². The van der Waals surface area contributed by atoms with E-state index in [2.05, 4.69) is 69.3 Å². The van der Waals surface area contributed by atoms with E-state index in [9.17, 15) is 0 Å². The molecule has 144 valence electrons. The van der Waals surface area contributed by atoms with Crippen molar-refractivity contribution in [2.75, 3.05) is 7.11 Å². The van der Waals surface area contributed by atoms with Gasteiger partial charge in [-0.05, 0) is 77.1 Å². The van der Waals surface area contributed by atoms with Crippen LogP contribution in [0.2, 0.25) is 0 Å². The average Bonchev–Trinajstić information content (AvgIpc) is 2.94. The second kappa shape index (κ2) is 7.67. The number of hydrogen-bond donors (Lipinski definition) is 0. The number of fused-ring (bicyclic) bond motifs is 3. The monoisotopic (exact) mass is 388 g/mol. The van der Waals surface area contributed by atoms with E-state index in [1.54, 1.807) is 7.11 Å². The first-order chi connectivity index (χ1) is 13.5. The molecule has 0 fully saturated rings. The predicted molar refractivity (Wildman–Crippen MR) is 120 cm³/mol. The Labute approximate surface area is 173 Å². The minimum Gasteiger partial charge on any atom is -0.497 e. The molecule has 1 nitrogen and oxygen atoms in total. The maximum absolute atomic E-state index is 5.27. The van der Waals surface area contributed by atoms with Crippen molar-refractivity contribution in [2.45, 2.75) is 55.2 Å². The SMILES string of the molecule is CCCCc1ccc2c(c1)C(C)(C)c1cc(Sc3ccc(OC)cc3)ccc1-2. The fourth-order valence-corrected chi connectivity index (χ4v) is 5.00. The minimum absolute atomic E-state index is 0.0450. The van der Waals surface area contributed by atoms with Crippen LogP contribution in [0, 0.1) is 0 Å². The average molecular weight is 389 g/mol. The largest absolute Gasteiger partial charge is 0.497 e. The van der Waals surface area contributed by atoms with E-state index < -0.39 is 0 Å². The van der Waals surface area contributed by atoms with Crippen molar-refractivity contribution in [2.24, 2.45) is 0 Å². The van der Waals surface area contributed by atoms with Crippen molar-refractivity contribution in [3.8, 4) is 16.9 Å². The van der Waals surface area contributed by atoms with Crippen molar-refractivity contribution in [3.05, 3.63) is 77.4 Å². The molecule has 0 aromatic heterocycles. The first-order valence-electron chi connectivity index (χ1n) is 10.1. The molecule has 0 saturated carbocycles. The van der Waals surface area contributed by atoms with Gasteiger partial charge in [-0.15, -0.1) is 0 Å². The first kappa shape index (κ1) is 19.1. The second-order valence-electron chi connectivity index (χ2n) is 8.09. The summed E-state index contributed by atoms with van der Waals surface area (Å²) in [6.07, 6.45) is 3.68. The van der Waals surface area contributed by atoms with Crippen LogP contribution in [0.4, 0.5) is 0 Å². The highest BCUT2D eigenvalue weighted by Gasteiger charge is 2.35. The molecule has 1 aliphatic rings. The quantitative estimate of drug-likeness (QED) is 0.432. The molecule has 0 heterocycles. The third-order valence-corrected chi connectivity index (χ3v) is 6.82. The van der Waals surface area contributed by atoms with E-state index in [-0.39, 0.29) is 5.41 Å². The lowest BCUT2D eigenvalue weighted by Gasteiger charge is -2.22. The summed E-state index contributed by atoms with van der Waals surface area (Å²) in [7, 11) is 1.70. The fourth-order valence-electron chi connectivity index (χ4n) is 4.14. The molecule has 0 saturated heterocycles. The van der Waals surface area contributed by atoms with E-state index in [4.69, 9.17) is 4.74 Å². The number of ether oxygens (including phenoxy) is 1. The molecule has 1 aliphatic carbocycles. The molecule has 4 rings (SSSR count). The molecule has 3 aromatic rings. The van der Waals surface area contributed by atoms with E-state index >= 15 is 0 Å². The van der Waals surface area contributed by atoms with Crippen molar-refractivity contribution >= 4 is 11.8 Å². The van der Waals surface area contributed by atoms with Gasteiger partial charge in [0.1, 0.15) is 5.75 Å². The van der Waals surface area contributed by atoms with Crippen LogP contribution in [-0.2, 0) is 11.8 Å². The zero-order valence-corrected chi connectivity index (χ0v) is 18.0. The Kier molecular flexibility index (Phi) is 5.25. The van der Waals surface area contributed by atoms with E-state index in [1.807, 2.05) is 23.9 Å². The molecule has 0 radical (unpaired) electrons. The van der Waals surface area contributed by atoms with Gasteiger partial charge in [-0.3, -0.25) is 0 Å². The Hall–Kier alpha value is -2.19. The van der Waals surface area contributed by atoms with Crippen LogP contribution in [0.3, 0.4) is 0 Å². The summed E-state index contributed by atoms with van der Waals surface area (Å²) in [6, 6.07) is 22.3. The van der Waals surface area contributed by atoms with E-state index in [0.717, 1.165) is 5.75 Å². The topological polar surface area (TPSA) is 9.23 Å². The third kappa shape index (κ3) is 3.46. The zero-order chi connectivity index (χ0) is 19.7. The van der Waals surface area contributed by atoms with Crippen LogP contribution in [-0.4, -0.2) is 7.11 Å². The van der Waals surface area contributed by atoms with Gasteiger partial charge in [-0.1, -0.05) is 63.2 Å². The molecule has 0 unspecified atom stereocenters. The fraction of sp³-hybridized carbons (Fsp3) is 0.308. The van der Waals surface area contributed by atoms with Crippen LogP contribution >= 0.6 is 11.8 Å². The van der Waals surface area contributed by atoms with Gasteiger partial charge in [0.05, 0.1) is 7.11 Å². The van der Waals surface area contributed by atoms with Crippen LogP contribution < -0.4 is 4.74 Å². The van der Waals surface area contributed by atoms with Crippen molar-refractivity contribution in [1.82, 2.24) is 0 Å². The second-order valence-corrected chi connectivity index (χ2v) is 9.24. The van der Waals surface area contributed by atoms with Gasteiger partial charge in [-0.2, -0.15) is 0 Å². The molecule has 0 bridgehead atoms. The number of rotatable bonds is 6. The maximum atomic E-state index is 5.27. The van der Waals surface area contributed by atoms with Crippen LogP contribution in [0.25, 0.3) is 11.1 Å². The Morgan fingerprint density at radius 2 is 1.46 bits per heavy atom. The molecule has 0 aliphatic heterocycles. The van der Waals surface area contributed by atoms with Gasteiger partial charge in [-0.25, -0.2) is 0 Å². The normalized spacial score (nSPS) is 13.9. The minimum atomic E-state index is 0.0450. The third-order valence-electron chi connectivity index (χ3n) is 5.83. The molecule has 0 atom stereocenters. The number of aryl methyl sites for hydroxylation is 1. The molecular formula is C26H28OS. The highest BCUT2D eigenvalue weighted by Crippen LogP contribution is 2.50. The molecule has 28 heavy (non-hydrogen) atoms. The van der Waals surface area contributed by atoms with Gasteiger partial charge >= 0.3 is 0 Å². The standard InChI is InChI=1S/C26H28OS/c1-5-6-7-18-8-14-22-23-15-13-21(17-25(23)26(2,3)24(22)16-18)28-20-11-9-19(27-4)10-12-20/h8-17H,5-7H2,1-4H3. The van der Waals surface area contributed by atoms with Crippen molar-refractivity contribution < 1.29 is 4.74 Å². The van der Waals surface area contributed by atoms with Gasteiger partial charge < -0.3 is 4.74 Å². The van der Waals surface area contributed by atoms with Gasteiger partial charge in [0.25, 0.3) is 0 Å². The summed E-state index contributed by atoms with van der Waals surface area (Å²) in [5.74, 6) is 0.897. The molecular weight excluding hydrogens is 360 g/mol. The van der Waals surface area contributed by atoms with Gasteiger partial charge in [0.15, 0.2) is 0 Å². The molecule has 0 amide bonds. The Morgan fingerprint density at radius 3 is 2.14 bits per heavy atom. The lowest BCUT2D eigenvalue weighted by Crippen LogP contribution is -2.15. The summed E-state index contributed by atoms with van der Waals surface area (Å²) < 4.78 is 5.27. The lowest BCUT2D eigenvalue weighted by molar-refractivity contribution is 0.414. The summed E-state index contributed by atoms with van der Waals surface area (Å²) in [4.78, 5) is 2.52. The molecule has 0 N–H and O–H groups in total. The summed E-state index contributed by atoms with van der Waals surface area (Å²) in [5.41, 5.74) is 7.22. The Morgan fingerprint density at radius 1 is 0.821 bits per heavy atom. The lowest BCUT2D eigenvalue weighted by atomic mass is 9.82. The highest BCUT2D eigenvalue weighted by molar-refractivity contribution is 7.99. The molecule has 2 heteroatoms. The van der Waals surface area contributed by atoms with Crippen molar-refractivity contribution in [3.63, 3.8) is 0 Å². The number of methoxy groups -OCH3 is 1. The maximum Gasteiger partial charge on any atom is 0.118 e. The number of hydrogen-bond acceptors (Lipinski definition) is 2. The van der Waals surface area contributed by atoms with Gasteiger partial charge in [0, 0.05) is 15.2 Å². The number of unbranched alkanes of at least 4 members (excludes halogenated alkanes) is 1. The van der Waals surface area contributed by atoms with Crippen LogP contribution in [0.15, 0.2) is 70.5 Å². The van der Waals surface area contributed by atoms with Crippen LogP contribution in [0.1, 0.15) is 50.3 Å². The summed E-state index contributed by atoms with van der Waals surface area (Å²) in [6.45, 7) is 6.99. The van der Waals surface area contributed by atoms with E-state index in [1.165, 1.54) is 56.9 Å². The smallest absolute Gasteiger partial charge is 0.118 e. The molecule has 0 spiro atoms. The summed E-state index contributed by atoms with van der Waals surface area (Å²) >= 11 is 1.81. The Bertz CT molecular complexity index is 986. The highest BCUT2D eigenvalue weighted by atomic mass is 32.2. The number of benzene rings is 3. The summed E-state index contributed by atoms with van der Waals surface area (Å²) in [5, 5.41) is 0. The Balaban J connectivity index is 1.65. The predicted octanol–water partition coefficient (Wildman–Crippen LogP) is 7.50. The van der Waals surface area contributed by atoms with E-state index in [0.29, 0.717) is 0 Å². The van der Waals surface area contributed by atoms with Crippen LogP contribution in [0.5, 0.6) is 5.75 Å². The molecule has 3 aromatic carbocycles. The zero-order valence-electron chi connectivity index (χ0n) is 17.2.